The summed E-state index contributed by atoms with van der Waals surface area (Å²) in [5, 5.41) is 12.4. The van der Waals surface area contributed by atoms with Gasteiger partial charge in [0.05, 0.1) is 46.2 Å². The van der Waals surface area contributed by atoms with Crippen LogP contribution in [0.15, 0.2) is 0 Å². The van der Waals surface area contributed by atoms with Crippen LogP contribution >= 0.6 is 0 Å². The summed E-state index contributed by atoms with van der Waals surface area (Å²) in [5.41, 5.74) is 0. The molecule has 0 aromatic rings. The number of rotatable bonds is 20. The third kappa shape index (κ3) is 25.2. The number of hydrogen-bond donors (Lipinski definition) is 4. The van der Waals surface area contributed by atoms with Crippen LogP contribution in [0.2, 0.25) is 0 Å². The molecule has 28 heavy (non-hydrogen) atoms. The van der Waals surface area contributed by atoms with Crippen molar-refractivity contribution in [2.45, 2.75) is 47.1 Å². The Hall–Kier alpha value is -0.770. The van der Waals surface area contributed by atoms with Crippen molar-refractivity contribution in [3.05, 3.63) is 0 Å². The van der Waals surface area contributed by atoms with Crippen LogP contribution in [-0.4, -0.2) is 90.9 Å². The molecule has 0 aromatic carbocycles. The van der Waals surface area contributed by atoms with Crippen LogP contribution in [0.3, 0.4) is 0 Å². The molecule has 1 amide bonds. The highest BCUT2D eigenvalue weighted by Crippen LogP contribution is 1.85. The molecule has 8 nitrogen and oxygen atoms in total. The van der Waals surface area contributed by atoms with Crippen molar-refractivity contribution >= 4 is 5.91 Å². The van der Waals surface area contributed by atoms with Crippen molar-refractivity contribution in [2.75, 3.05) is 78.9 Å². The summed E-state index contributed by atoms with van der Waals surface area (Å²) in [6, 6.07) is 0.488. The highest BCUT2D eigenvalue weighted by atomic mass is 16.5. The fraction of sp³-hybridized carbons (Fsp3) is 0.950. The Morgan fingerprint density at radius 3 is 1.89 bits per heavy atom. The van der Waals surface area contributed by atoms with Crippen LogP contribution in [-0.2, 0) is 19.0 Å². The maximum atomic E-state index is 11.6. The summed E-state index contributed by atoms with van der Waals surface area (Å²) in [6.07, 6.45) is 1.09. The summed E-state index contributed by atoms with van der Waals surface area (Å²) >= 11 is 0. The summed E-state index contributed by atoms with van der Waals surface area (Å²) in [7, 11) is 0. The van der Waals surface area contributed by atoms with Crippen LogP contribution in [0.25, 0.3) is 0 Å². The molecule has 0 saturated heterocycles. The Bertz CT molecular complexity index is 327. The number of hydrogen-bond acceptors (Lipinski definition) is 7. The minimum absolute atomic E-state index is 0. The molecule has 4 N–H and O–H groups in total. The van der Waals surface area contributed by atoms with Gasteiger partial charge >= 0.3 is 0 Å². The van der Waals surface area contributed by atoms with E-state index in [1.165, 1.54) is 0 Å². The van der Waals surface area contributed by atoms with Gasteiger partial charge in [-0.2, -0.15) is 0 Å². The Labute approximate surface area is 178 Å². The van der Waals surface area contributed by atoms with Gasteiger partial charge in [-0.25, -0.2) is 0 Å². The molecule has 0 bridgehead atoms. The van der Waals surface area contributed by atoms with Crippen molar-refractivity contribution in [1.29, 1.82) is 0 Å². The van der Waals surface area contributed by atoms with Gasteiger partial charge in [-0.05, 0) is 19.9 Å². The van der Waals surface area contributed by atoms with Gasteiger partial charge in [-0.3, -0.25) is 4.79 Å². The predicted molar refractivity (Wildman–Crippen MR) is 124 cm³/mol. The van der Waals surface area contributed by atoms with Crippen LogP contribution in [0.1, 0.15) is 46.7 Å². The van der Waals surface area contributed by atoms with Crippen LogP contribution in [0, 0.1) is 0 Å². The number of likely N-dealkylation sites (N-methyl/N-ethyl adjacent to an activating group) is 1. The Kier molecular flexibility index (Phi) is 27.6. The monoisotopic (exact) mass is 414 g/mol. The lowest BCUT2D eigenvalue weighted by Crippen LogP contribution is -2.40. The number of carbonyl (C=O) groups is 1. The van der Waals surface area contributed by atoms with Gasteiger partial charge in [0, 0.05) is 37.9 Å². The molecule has 0 radical (unpaired) electrons. The molecule has 1 unspecified atom stereocenters. The van der Waals surface area contributed by atoms with Gasteiger partial charge in [0.2, 0.25) is 5.91 Å². The molecule has 0 rings (SSSR count). The standard InChI is InChI=1S/C18H40N4O4.C2H6.4H2/c1-4-17(3)21-6-7-22-18(23)16-20-9-11-25-13-15-26-14-12-24-10-8-19-5-2;1-2;;;;/h17,19-21H,4-16H2,1-3H3,(H,22,23);1-2H3;4*1H. The minimum atomic E-state index is 0. The van der Waals surface area contributed by atoms with Crippen molar-refractivity contribution in [3.63, 3.8) is 0 Å². The van der Waals surface area contributed by atoms with Crippen LogP contribution in [0.4, 0.5) is 0 Å². The fourth-order valence-corrected chi connectivity index (χ4v) is 1.94. The van der Waals surface area contributed by atoms with Crippen molar-refractivity contribution in [3.8, 4) is 0 Å². The largest absolute Gasteiger partial charge is 0.378 e. The zero-order chi connectivity index (χ0) is 21.3. The molecule has 0 aliphatic carbocycles. The van der Waals surface area contributed by atoms with E-state index in [-0.39, 0.29) is 11.6 Å². The maximum Gasteiger partial charge on any atom is 0.234 e. The molecule has 8 heteroatoms. The minimum Gasteiger partial charge on any atom is -0.378 e. The summed E-state index contributed by atoms with van der Waals surface area (Å²) in [4.78, 5) is 11.6. The maximum absolute atomic E-state index is 11.6. The van der Waals surface area contributed by atoms with E-state index in [2.05, 4.69) is 42.0 Å². The second-order valence-corrected chi connectivity index (χ2v) is 5.98. The molecule has 178 valence electrons. The average molecular weight is 415 g/mol. The molecule has 0 saturated carbocycles. The molecule has 0 aromatic heterocycles. The third-order valence-electron chi connectivity index (χ3n) is 3.68. The van der Waals surface area contributed by atoms with E-state index in [0.29, 0.717) is 65.3 Å². The SMILES string of the molecule is CC.CCNCCOCCOCCOCCNCC(=O)NCCNC(C)CC.[HH].[HH].[HH].[HH]. The molecule has 0 aliphatic heterocycles. The highest BCUT2D eigenvalue weighted by Gasteiger charge is 2.00. The van der Waals surface area contributed by atoms with Crippen molar-refractivity contribution in [2.24, 2.45) is 0 Å². The van der Waals surface area contributed by atoms with Crippen LogP contribution in [0.5, 0.6) is 0 Å². The number of ether oxygens (including phenoxy) is 3. The smallest absolute Gasteiger partial charge is 0.234 e. The molecular weight excluding hydrogens is 360 g/mol. The lowest BCUT2D eigenvalue weighted by atomic mass is 10.2. The second-order valence-electron chi connectivity index (χ2n) is 5.98. The average Bonchev–Trinajstić information content (AvgIpc) is 2.72. The molecule has 0 fully saturated rings. The Morgan fingerprint density at radius 1 is 0.821 bits per heavy atom. The molecular formula is C20H54N4O4. The van der Waals surface area contributed by atoms with Gasteiger partial charge in [0.1, 0.15) is 0 Å². The first-order chi connectivity index (χ1) is 13.7. The van der Waals surface area contributed by atoms with E-state index in [1.54, 1.807) is 0 Å². The van der Waals surface area contributed by atoms with E-state index in [0.717, 1.165) is 26.1 Å². The normalized spacial score (nSPS) is 11.6. The van der Waals surface area contributed by atoms with E-state index in [1.807, 2.05) is 13.8 Å². The quantitative estimate of drug-likeness (QED) is 0.226. The zero-order valence-corrected chi connectivity index (χ0v) is 18.9. The van der Waals surface area contributed by atoms with Gasteiger partial charge in [0.15, 0.2) is 0 Å². The Morgan fingerprint density at radius 2 is 1.36 bits per heavy atom. The topological polar surface area (TPSA) is 92.9 Å². The molecule has 0 spiro atoms. The van der Waals surface area contributed by atoms with Crippen molar-refractivity contribution in [1.82, 2.24) is 21.3 Å². The lowest BCUT2D eigenvalue weighted by molar-refractivity contribution is -0.120. The van der Waals surface area contributed by atoms with Crippen molar-refractivity contribution < 1.29 is 24.7 Å². The van der Waals surface area contributed by atoms with Gasteiger partial charge in [-0.1, -0.05) is 27.7 Å². The first-order valence-corrected chi connectivity index (χ1v) is 10.8. The zero-order valence-electron chi connectivity index (χ0n) is 18.9. The number of amides is 1. The van der Waals surface area contributed by atoms with E-state index in [4.69, 9.17) is 14.2 Å². The molecule has 0 aliphatic rings. The summed E-state index contributed by atoms with van der Waals surface area (Å²) in [5.74, 6) is 0.00780. The van der Waals surface area contributed by atoms with Gasteiger partial charge in [0.25, 0.3) is 0 Å². The van der Waals surface area contributed by atoms with Crippen LogP contribution < -0.4 is 21.3 Å². The molecule has 0 heterocycles. The number of nitrogens with one attached hydrogen (secondary N) is 4. The third-order valence-corrected chi connectivity index (χ3v) is 3.68. The number of carbonyl (C=O) groups excluding carboxylic acids is 1. The lowest BCUT2D eigenvalue weighted by Gasteiger charge is -2.12. The van der Waals surface area contributed by atoms with E-state index < -0.39 is 0 Å². The highest BCUT2D eigenvalue weighted by molar-refractivity contribution is 5.77. The second kappa shape index (κ2) is 26.2. The summed E-state index contributed by atoms with van der Waals surface area (Å²) in [6.45, 7) is 18.1. The fourth-order valence-electron chi connectivity index (χ4n) is 1.94. The van der Waals surface area contributed by atoms with Gasteiger partial charge in [-0.15, -0.1) is 0 Å². The first-order valence-electron chi connectivity index (χ1n) is 10.8. The predicted octanol–water partition coefficient (Wildman–Crippen LogP) is 1.75. The summed E-state index contributed by atoms with van der Waals surface area (Å²) < 4.78 is 16.2. The van der Waals surface area contributed by atoms with Gasteiger partial charge < -0.3 is 35.5 Å². The Balaban J connectivity index is -0.000000273. The molecule has 1 atom stereocenters. The van der Waals surface area contributed by atoms with E-state index in [9.17, 15) is 4.79 Å². The van der Waals surface area contributed by atoms with E-state index >= 15 is 0 Å². The first kappa shape index (κ1) is 29.4.